The van der Waals surface area contributed by atoms with Gasteiger partial charge in [0.05, 0.1) is 22.6 Å². The lowest BCUT2D eigenvalue weighted by Gasteiger charge is -2.08. The Kier molecular flexibility index (Phi) is 3.30. The fourth-order valence-corrected chi connectivity index (χ4v) is 2.46. The Morgan fingerprint density at radius 2 is 2.05 bits per heavy atom. The van der Waals surface area contributed by atoms with Gasteiger partial charge in [-0.05, 0) is 38.3 Å². The van der Waals surface area contributed by atoms with Gasteiger partial charge in [0.2, 0.25) is 0 Å². The summed E-state index contributed by atoms with van der Waals surface area (Å²) in [6.07, 6.45) is 2.97. The van der Waals surface area contributed by atoms with E-state index in [0.29, 0.717) is 6.04 Å². The van der Waals surface area contributed by atoms with Gasteiger partial charge in [0.15, 0.2) is 0 Å². The number of hydrogen-bond acceptors (Lipinski definition) is 2. The number of rotatable bonds is 4. The minimum Gasteiger partial charge on any atom is -0.349 e. The third-order valence-corrected chi connectivity index (χ3v) is 3.63. The molecule has 104 valence electrons. The van der Waals surface area contributed by atoms with Crippen LogP contribution >= 0.6 is 0 Å². The average molecular weight is 269 g/mol. The van der Waals surface area contributed by atoms with Gasteiger partial charge in [-0.3, -0.25) is 4.79 Å². The molecule has 4 nitrogen and oxygen atoms in total. The first-order valence-corrected chi connectivity index (χ1v) is 7.15. The second-order valence-corrected chi connectivity index (χ2v) is 5.26. The maximum Gasteiger partial charge on any atom is 0.255 e. The average Bonchev–Trinajstić information content (AvgIpc) is 3.20. The molecule has 1 N–H and O–H groups in total. The van der Waals surface area contributed by atoms with Crippen LogP contribution in [0.25, 0.3) is 5.69 Å². The Balaban J connectivity index is 2.02. The van der Waals surface area contributed by atoms with Crippen molar-refractivity contribution in [2.75, 3.05) is 0 Å². The summed E-state index contributed by atoms with van der Waals surface area (Å²) in [5.41, 5.74) is 3.51. The zero-order valence-electron chi connectivity index (χ0n) is 11.9. The first-order chi connectivity index (χ1) is 9.70. The SMILES string of the molecule is CCc1c(C(=O)NC2CC2)c(C)nn1-c1ccccc1. The first-order valence-electron chi connectivity index (χ1n) is 7.15. The standard InChI is InChI=1S/C16H19N3O/c1-3-14-15(16(20)17-12-9-10-12)11(2)18-19(14)13-7-5-4-6-8-13/h4-8,12H,3,9-10H2,1-2H3,(H,17,20). The van der Waals surface area contributed by atoms with Gasteiger partial charge in [0.1, 0.15) is 0 Å². The van der Waals surface area contributed by atoms with Crippen LogP contribution in [0.4, 0.5) is 0 Å². The van der Waals surface area contributed by atoms with Crippen molar-refractivity contribution < 1.29 is 4.79 Å². The highest BCUT2D eigenvalue weighted by Crippen LogP contribution is 2.23. The molecule has 0 radical (unpaired) electrons. The molecule has 1 fully saturated rings. The van der Waals surface area contributed by atoms with Crippen LogP contribution in [0.1, 0.15) is 41.5 Å². The third kappa shape index (κ3) is 2.33. The van der Waals surface area contributed by atoms with Crippen LogP contribution in [0, 0.1) is 6.92 Å². The molecule has 0 atom stereocenters. The molecule has 0 saturated heterocycles. The van der Waals surface area contributed by atoms with Crippen LogP contribution in [0.2, 0.25) is 0 Å². The highest BCUT2D eigenvalue weighted by molar-refractivity contribution is 5.97. The molecule has 0 spiro atoms. The van der Waals surface area contributed by atoms with E-state index in [-0.39, 0.29) is 5.91 Å². The number of nitrogens with one attached hydrogen (secondary N) is 1. The van der Waals surface area contributed by atoms with Crippen molar-refractivity contribution in [3.8, 4) is 5.69 Å². The molecule has 0 unspecified atom stereocenters. The Bertz CT molecular complexity index is 627. The van der Waals surface area contributed by atoms with Crippen LogP contribution in [0.5, 0.6) is 0 Å². The van der Waals surface area contributed by atoms with Gasteiger partial charge >= 0.3 is 0 Å². The number of benzene rings is 1. The normalized spacial score (nSPS) is 14.3. The summed E-state index contributed by atoms with van der Waals surface area (Å²) in [6, 6.07) is 10.3. The van der Waals surface area contributed by atoms with E-state index < -0.39 is 0 Å². The summed E-state index contributed by atoms with van der Waals surface area (Å²) in [4.78, 5) is 12.4. The molecule has 0 aliphatic heterocycles. The largest absolute Gasteiger partial charge is 0.349 e. The van der Waals surface area contributed by atoms with Gasteiger partial charge in [0, 0.05) is 6.04 Å². The summed E-state index contributed by atoms with van der Waals surface area (Å²) in [7, 11) is 0. The lowest BCUT2D eigenvalue weighted by atomic mass is 10.1. The van der Waals surface area contributed by atoms with Gasteiger partial charge in [-0.15, -0.1) is 0 Å². The quantitative estimate of drug-likeness (QED) is 0.927. The number of nitrogens with zero attached hydrogens (tertiary/aromatic N) is 2. The molecule has 4 heteroatoms. The lowest BCUT2D eigenvalue weighted by Crippen LogP contribution is -2.26. The van der Waals surface area contributed by atoms with E-state index >= 15 is 0 Å². The fraction of sp³-hybridized carbons (Fsp3) is 0.375. The van der Waals surface area contributed by atoms with E-state index in [1.807, 2.05) is 41.9 Å². The first kappa shape index (κ1) is 12.9. The van der Waals surface area contributed by atoms with Crippen LogP contribution < -0.4 is 5.32 Å². The fourth-order valence-electron chi connectivity index (χ4n) is 2.46. The zero-order valence-corrected chi connectivity index (χ0v) is 11.9. The Hall–Kier alpha value is -2.10. The van der Waals surface area contributed by atoms with Crippen molar-refractivity contribution in [3.63, 3.8) is 0 Å². The number of para-hydroxylation sites is 1. The molecule has 1 amide bonds. The van der Waals surface area contributed by atoms with E-state index in [2.05, 4.69) is 17.3 Å². The van der Waals surface area contributed by atoms with E-state index in [4.69, 9.17) is 0 Å². The van der Waals surface area contributed by atoms with E-state index in [0.717, 1.165) is 41.9 Å². The van der Waals surface area contributed by atoms with Crippen molar-refractivity contribution in [2.24, 2.45) is 0 Å². The molecule has 0 bridgehead atoms. The van der Waals surface area contributed by atoms with Gasteiger partial charge in [0.25, 0.3) is 5.91 Å². The summed E-state index contributed by atoms with van der Waals surface area (Å²) >= 11 is 0. The van der Waals surface area contributed by atoms with Gasteiger partial charge in [-0.1, -0.05) is 25.1 Å². The minimum atomic E-state index is 0.0176. The number of aromatic nitrogens is 2. The molecule has 3 rings (SSSR count). The third-order valence-electron chi connectivity index (χ3n) is 3.63. The summed E-state index contributed by atoms with van der Waals surface area (Å²) < 4.78 is 1.89. The molecule has 1 aliphatic rings. The predicted octanol–water partition coefficient (Wildman–Crippen LogP) is 2.64. The highest BCUT2D eigenvalue weighted by Gasteiger charge is 2.27. The number of amides is 1. The van der Waals surface area contributed by atoms with Crippen LogP contribution in [0.3, 0.4) is 0 Å². The van der Waals surface area contributed by atoms with Gasteiger partial charge in [-0.25, -0.2) is 4.68 Å². The minimum absolute atomic E-state index is 0.0176. The topological polar surface area (TPSA) is 46.9 Å². The van der Waals surface area contributed by atoms with E-state index in [1.165, 1.54) is 0 Å². The number of aryl methyl sites for hydroxylation is 1. The molecule has 20 heavy (non-hydrogen) atoms. The molecule has 1 aromatic heterocycles. The number of carbonyl (C=O) groups excluding carboxylic acids is 1. The summed E-state index contributed by atoms with van der Waals surface area (Å²) in [5, 5.41) is 7.61. The van der Waals surface area contributed by atoms with Gasteiger partial charge < -0.3 is 5.32 Å². The molecular weight excluding hydrogens is 250 g/mol. The maximum absolute atomic E-state index is 12.4. The molecule has 2 aromatic rings. The molecule has 1 aromatic carbocycles. The zero-order chi connectivity index (χ0) is 14.1. The van der Waals surface area contributed by atoms with Crippen molar-refractivity contribution in [1.29, 1.82) is 0 Å². The second kappa shape index (κ2) is 5.12. The van der Waals surface area contributed by atoms with Gasteiger partial charge in [-0.2, -0.15) is 5.10 Å². The number of hydrogen-bond donors (Lipinski definition) is 1. The molecule has 1 aliphatic carbocycles. The monoisotopic (exact) mass is 269 g/mol. The number of carbonyl (C=O) groups is 1. The van der Waals surface area contributed by atoms with Crippen molar-refractivity contribution in [2.45, 2.75) is 39.2 Å². The summed E-state index contributed by atoms with van der Waals surface area (Å²) in [6.45, 7) is 3.96. The van der Waals surface area contributed by atoms with E-state index in [9.17, 15) is 4.79 Å². The van der Waals surface area contributed by atoms with Crippen LogP contribution in [-0.4, -0.2) is 21.7 Å². The second-order valence-electron chi connectivity index (χ2n) is 5.26. The molecule has 1 heterocycles. The predicted molar refractivity (Wildman–Crippen MR) is 78.2 cm³/mol. The molecule has 1 saturated carbocycles. The Morgan fingerprint density at radius 3 is 2.65 bits per heavy atom. The van der Waals surface area contributed by atoms with E-state index in [1.54, 1.807) is 0 Å². The lowest BCUT2D eigenvalue weighted by molar-refractivity contribution is 0.0949. The molecular formula is C16H19N3O. The summed E-state index contributed by atoms with van der Waals surface area (Å²) in [5.74, 6) is 0.0176. The smallest absolute Gasteiger partial charge is 0.255 e. The highest BCUT2D eigenvalue weighted by atomic mass is 16.1. The van der Waals surface area contributed by atoms with Crippen molar-refractivity contribution >= 4 is 5.91 Å². The van der Waals surface area contributed by atoms with Crippen LogP contribution in [0.15, 0.2) is 30.3 Å². The van der Waals surface area contributed by atoms with Crippen molar-refractivity contribution in [3.05, 3.63) is 47.3 Å². The Labute approximate surface area is 118 Å². The van der Waals surface area contributed by atoms with Crippen molar-refractivity contribution in [1.82, 2.24) is 15.1 Å². The maximum atomic E-state index is 12.4. The Morgan fingerprint density at radius 1 is 1.35 bits per heavy atom. The van der Waals surface area contributed by atoms with Crippen LogP contribution in [-0.2, 0) is 6.42 Å².